The van der Waals surface area contributed by atoms with Crippen LogP contribution < -0.4 is 14.8 Å². The molecule has 6 heteroatoms. The van der Waals surface area contributed by atoms with Crippen molar-refractivity contribution in [2.75, 3.05) is 26.3 Å². The summed E-state index contributed by atoms with van der Waals surface area (Å²) in [6.07, 6.45) is 2.32. The number of nitrogens with zero attached hydrogens (tertiary/aromatic N) is 1. The molecule has 0 spiro atoms. The van der Waals surface area contributed by atoms with E-state index in [-0.39, 0.29) is 31.1 Å². The van der Waals surface area contributed by atoms with Crippen molar-refractivity contribution in [3.8, 4) is 11.5 Å². The third kappa shape index (κ3) is 6.24. The molecule has 2 aromatic rings. The summed E-state index contributed by atoms with van der Waals surface area (Å²) in [5.41, 5.74) is 1.09. The molecule has 1 N–H and O–H groups in total. The zero-order valence-electron chi connectivity index (χ0n) is 16.8. The Bertz CT molecular complexity index is 802. The number of hydrogen-bond donors (Lipinski definition) is 1. The van der Waals surface area contributed by atoms with Crippen LogP contribution in [-0.4, -0.2) is 49.1 Å². The number of aryl methyl sites for hydroxylation is 1. The van der Waals surface area contributed by atoms with Gasteiger partial charge in [-0.25, -0.2) is 0 Å². The van der Waals surface area contributed by atoms with Gasteiger partial charge in [-0.2, -0.15) is 0 Å². The summed E-state index contributed by atoms with van der Waals surface area (Å²) in [7, 11) is 0. The molecule has 1 aliphatic rings. The van der Waals surface area contributed by atoms with Crippen LogP contribution in [0, 0.1) is 0 Å². The number of carbonyl (C=O) groups excluding carboxylic acids is 2. The first-order valence-corrected chi connectivity index (χ1v) is 10.1. The van der Waals surface area contributed by atoms with Gasteiger partial charge >= 0.3 is 0 Å². The number of ether oxygens (including phenoxy) is 2. The van der Waals surface area contributed by atoms with Crippen molar-refractivity contribution >= 4 is 11.8 Å². The van der Waals surface area contributed by atoms with Gasteiger partial charge in [0.15, 0.2) is 13.2 Å². The maximum absolute atomic E-state index is 12.3. The molecule has 3 rings (SSSR count). The normalized spacial score (nSPS) is 14.3. The summed E-state index contributed by atoms with van der Waals surface area (Å²) in [5.74, 6) is 1.28. The van der Waals surface area contributed by atoms with Gasteiger partial charge in [-0.05, 0) is 43.0 Å². The number of piperidine rings is 1. The quantitative estimate of drug-likeness (QED) is 0.745. The summed E-state index contributed by atoms with van der Waals surface area (Å²) in [4.78, 5) is 26.3. The highest BCUT2D eigenvalue weighted by atomic mass is 16.5. The van der Waals surface area contributed by atoms with Crippen LogP contribution in [0.3, 0.4) is 0 Å². The predicted molar refractivity (Wildman–Crippen MR) is 111 cm³/mol. The van der Waals surface area contributed by atoms with Gasteiger partial charge in [0.05, 0.1) is 0 Å². The molecule has 154 valence electrons. The van der Waals surface area contributed by atoms with Crippen LogP contribution in [0.4, 0.5) is 0 Å². The first-order valence-electron chi connectivity index (χ1n) is 10.1. The van der Waals surface area contributed by atoms with E-state index in [0.29, 0.717) is 18.8 Å². The van der Waals surface area contributed by atoms with Gasteiger partial charge in [-0.1, -0.05) is 43.3 Å². The number of rotatable bonds is 8. The average Bonchev–Trinajstić information content (AvgIpc) is 2.77. The Morgan fingerprint density at radius 2 is 1.66 bits per heavy atom. The molecule has 0 unspecified atom stereocenters. The Balaban J connectivity index is 1.36. The van der Waals surface area contributed by atoms with E-state index in [9.17, 15) is 9.59 Å². The number of benzene rings is 2. The Morgan fingerprint density at radius 1 is 0.966 bits per heavy atom. The van der Waals surface area contributed by atoms with Crippen LogP contribution >= 0.6 is 0 Å². The second kappa shape index (κ2) is 10.5. The predicted octanol–water partition coefficient (Wildman–Crippen LogP) is 2.81. The van der Waals surface area contributed by atoms with E-state index in [0.717, 1.165) is 30.6 Å². The van der Waals surface area contributed by atoms with Crippen LogP contribution in [0.1, 0.15) is 25.3 Å². The lowest BCUT2D eigenvalue weighted by molar-refractivity contribution is -0.134. The second-order valence-corrected chi connectivity index (χ2v) is 7.07. The van der Waals surface area contributed by atoms with Crippen molar-refractivity contribution in [1.29, 1.82) is 0 Å². The molecular formula is C23H28N2O4. The third-order valence-corrected chi connectivity index (χ3v) is 5.03. The van der Waals surface area contributed by atoms with Crippen molar-refractivity contribution in [3.05, 3.63) is 60.2 Å². The zero-order valence-corrected chi connectivity index (χ0v) is 16.8. The lowest BCUT2D eigenvalue weighted by Gasteiger charge is -2.32. The molecule has 0 saturated carbocycles. The fraction of sp³-hybridized carbons (Fsp3) is 0.391. The van der Waals surface area contributed by atoms with Gasteiger partial charge in [0.1, 0.15) is 11.5 Å². The standard InChI is InChI=1S/C23H28N2O4/c1-2-18-8-6-7-11-21(18)29-16-22(26)24-19-12-14-25(15-13-19)23(27)17-28-20-9-4-3-5-10-20/h3-11,19H,2,12-17H2,1H3,(H,24,26). The van der Waals surface area contributed by atoms with E-state index in [1.807, 2.05) is 54.6 Å². The van der Waals surface area contributed by atoms with Gasteiger partial charge in [0.25, 0.3) is 11.8 Å². The molecule has 2 aromatic carbocycles. The van der Waals surface area contributed by atoms with Crippen molar-refractivity contribution in [3.63, 3.8) is 0 Å². The number of nitrogens with one attached hydrogen (secondary N) is 1. The highest BCUT2D eigenvalue weighted by Gasteiger charge is 2.24. The summed E-state index contributed by atoms with van der Waals surface area (Å²) < 4.78 is 11.2. The van der Waals surface area contributed by atoms with Crippen LogP contribution in [0.25, 0.3) is 0 Å². The molecule has 1 heterocycles. The molecule has 0 aromatic heterocycles. The van der Waals surface area contributed by atoms with E-state index in [1.54, 1.807) is 4.90 Å². The minimum absolute atomic E-state index is 0.00107. The number of likely N-dealkylation sites (tertiary alicyclic amines) is 1. The van der Waals surface area contributed by atoms with Crippen molar-refractivity contribution in [2.24, 2.45) is 0 Å². The Morgan fingerprint density at radius 3 is 2.38 bits per heavy atom. The molecule has 1 fully saturated rings. The van der Waals surface area contributed by atoms with Gasteiger partial charge in [0, 0.05) is 19.1 Å². The van der Waals surface area contributed by atoms with Gasteiger partial charge < -0.3 is 19.7 Å². The molecule has 0 bridgehead atoms. The Kier molecular flexibility index (Phi) is 7.50. The van der Waals surface area contributed by atoms with Crippen LogP contribution in [0.5, 0.6) is 11.5 Å². The van der Waals surface area contributed by atoms with Gasteiger partial charge in [0.2, 0.25) is 0 Å². The molecule has 6 nitrogen and oxygen atoms in total. The van der Waals surface area contributed by atoms with Crippen LogP contribution in [-0.2, 0) is 16.0 Å². The third-order valence-electron chi connectivity index (χ3n) is 5.03. The lowest BCUT2D eigenvalue weighted by atomic mass is 10.1. The summed E-state index contributed by atoms with van der Waals surface area (Å²) >= 11 is 0. The fourth-order valence-electron chi connectivity index (χ4n) is 3.38. The summed E-state index contributed by atoms with van der Waals surface area (Å²) in [6.45, 7) is 3.32. The maximum Gasteiger partial charge on any atom is 0.260 e. The average molecular weight is 396 g/mol. The molecule has 0 radical (unpaired) electrons. The van der Waals surface area contributed by atoms with Crippen molar-refractivity contribution < 1.29 is 19.1 Å². The van der Waals surface area contributed by atoms with E-state index in [4.69, 9.17) is 9.47 Å². The molecule has 2 amide bonds. The lowest BCUT2D eigenvalue weighted by Crippen LogP contribution is -2.48. The summed E-state index contributed by atoms with van der Waals surface area (Å²) in [5, 5.41) is 3.01. The molecular weight excluding hydrogens is 368 g/mol. The van der Waals surface area contributed by atoms with Gasteiger partial charge in [-0.15, -0.1) is 0 Å². The number of para-hydroxylation sites is 2. The van der Waals surface area contributed by atoms with Crippen molar-refractivity contribution in [2.45, 2.75) is 32.2 Å². The Hall–Kier alpha value is -3.02. The van der Waals surface area contributed by atoms with Gasteiger partial charge in [-0.3, -0.25) is 9.59 Å². The van der Waals surface area contributed by atoms with E-state index in [2.05, 4.69) is 12.2 Å². The largest absolute Gasteiger partial charge is 0.484 e. The second-order valence-electron chi connectivity index (χ2n) is 7.07. The minimum atomic E-state index is -0.131. The van der Waals surface area contributed by atoms with Crippen molar-refractivity contribution in [1.82, 2.24) is 10.2 Å². The fourth-order valence-corrected chi connectivity index (χ4v) is 3.38. The summed E-state index contributed by atoms with van der Waals surface area (Å²) in [6, 6.07) is 17.1. The highest BCUT2D eigenvalue weighted by molar-refractivity contribution is 5.79. The first-order chi connectivity index (χ1) is 14.2. The maximum atomic E-state index is 12.3. The monoisotopic (exact) mass is 396 g/mol. The van der Waals surface area contributed by atoms with E-state index < -0.39 is 0 Å². The van der Waals surface area contributed by atoms with E-state index in [1.165, 1.54) is 0 Å². The number of amides is 2. The zero-order chi connectivity index (χ0) is 20.5. The SMILES string of the molecule is CCc1ccccc1OCC(=O)NC1CCN(C(=O)COc2ccccc2)CC1. The molecule has 1 aliphatic heterocycles. The minimum Gasteiger partial charge on any atom is -0.484 e. The molecule has 0 atom stereocenters. The highest BCUT2D eigenvalue weighted by Crippen LogP contribution is 2.18. The van der Waals surface area contributed by atoms with E-state index >= 15 is 0 Å². The smallest absolute Gasteiger partial charge is 0.260 e. The first kappa shape index (κ1) is 20.7. The molecule has 0 aliphatic carbocycles. The molecule has 29 heavy (non-hydrogen) atoms. The number of hydrogen-bond acceptors (Lipinski definition) is 4. The van der Waals surface area contributed by atoms with Crippen LogP contribution in [0.15, 0.2) is 54.6 Å². The number of carbonyl (C=O) groups is 2. The Labute approximate surface area is 171 Å². The van der Waals surface area contributed by atoms with Crippen LogP contribution in [0.2, 0.25) is 0 Å². The topological polar surface area (TPSA) is 67.9 Å². The molecule has 1 saturated heterocycles.